The molecule has 0 spiro atoms. The molecule has 0 fully saturated rings. The van der Waals surface area contributed by atoms with Crippen LogP contribution < -0.4 is 11.0 Å². The summed E-state index contributed by atoms with van der Waals surface area (Å²) in [5, 5.41) is 3.25. The first-order chi connectivity index (χ1) is 8.34. The summed E-state index contributed by atoms with van der Waals surface area (Å²) >= 11 is 0. The van der Waals surface area contributed by atoms with Crippen LogP contribution in [0.1, 0.15) is 11.3 Å². The van der Waals surface area contributed by atoms with Crippen molar-refractivity contribution in [3.8, 4) is 11.3 Å². The number of fused-ring (bicyclic) bond motifs is 1. The summed E-state index contributed by atoms with van der Waals surface area (Å²) in [6, 6.07) is 9.87. The average molecular weight is 227 g/mol. The van der Waals surface area contributed by atoms with E-state index in [1.807, 2.05) is 30.3 Å². The molecule has 3 rings (SSSR count). The van der Waals surface area contributed by atoms with Crippen molar-refractivity contribution in [3.05, 3.63) is 52.1 Å². The lowest BCUT2D eigenvalue weighted by atomic mass is 9.99. The minimum Gasteiger partial charge on any atom is -0.311 e. The topological polar surface area (TPSA) is 57.8 Å². The van der Waals surface area contributed by atoms with Gasteiger partial charge < -0.3 is 10.3 Å². The molecule has 2 N–H and O–H groups in total. The number of rotatable bonds is 1. The maximum Gasteiger partial charge on any atom is 0.345 e. The fourth-order valence-corrected chi connectivity index (χ4v) is 2.23. The zero-order valence-electron chi connectivity index (χ0n) is 9.36. The van der Waals surface area contributed by atoms with E-state index in [0.717, 1.165) is 35.5 Å². The predicted molar refractivity (Wildman–Crippen MR) is 65.7 cm³/mol. The Labute approximate surface area is 98.7 Å². The van der Waals surface area contributed by atoms with E-state index in [-0.39, 0.29) is 5.69 Å². The number of nitrogens with one attached hydrogen (secondary N) is 2. The van der Waals surface area contributed by atoms with Gasteiger partial charge in [-0.2, -0.15) is 4.98 Å². The van der Waals surface area contributed by atoms with Gasteiger partial charge in [-0.1, -0.05) is 30.3 Å². The number of H-pyrrole nitrogens is 1. The van der Waals surface area contributed by atoms with E-state index in [0.29, 0.717) is 6.54 Å². The number of hydrogen-bond donors (Lipinski definition) is 2. The molecule has 0 bridgehead atoms. The van der Waals surface area contributed by atoms with Crippen molar-refractivity contribution in [2.45, 2.75) is 13.0 Å². The number of hydrogen-bond acceptors (Lipinski definition) is 3. The molecule has 17 heavy (non-hydrogen) atoms. The Balaban J connectivity index is 2.22. The minimum atomic E-state index is -0.272. The van der Waals surface area contributed by atoms with Crippen molar-refractivity contribution < 1.29 is 0 Å². The molecule has 0 amide bonds. The summed E-state index contributed by atoms with van der Waals surface area (Å²) in [7, 11) is 0. The standard InChI is InChI=1S/C13H13N3O/c17-13-15-11-8-14-7-6-10(11)12(16-13)9-4-2-1-3-5-9/h1-5,14H,6-8H2,(H,15,16,17). The Morgan fingerprint density at radius 2 is 2.00 bits per heavy atom. The Morgan fingerprint density at radius 3 is 2.82 bits per heavy atom. The highest BCUT2D eigenvalue weighted by Gasteiger charge is 2.16. The molecule has 2 aromatic rings. The van der Waals surface area contributed by atoms with E-state index in [2.05, 4.69) is 15.3 Å². The number of aromatic nitrogens is 2. The highest BCUT2D eigenvalue weighted by molar-refractivity contribution is 5.63. The van der Waals surface area contributed by atoms with E-state index in [1.54, 1.807) is 0 Å². The van der Waals surface area contributed by atoms with Gasteiger partial charge in [0, 0.05) is 23.4 Å². The Kier molecular flexibility index (Phi) is 2.49. The predicted octanol–water partition coefficient (Wildman–Crippen LogP) is 1.08. The Morgan fingerprint density at radius 1 is 1.18 bits per heavy atom. The Bertz CT molecular complexity index is 589. The summed E-state index contributed by atoms with van der Waals surface area (Å²) in [6.07, 6.45) is 0.906. The van der Waals surface area contributed by atoms with Crippen LogP contribution in [0.5, 0.6) is 0 Å². The van der Waals surface area contributed by atoms with E-state index in [4.69, 9.17) is 0 Å². The van der Waals surface area contributed by atoms with Gasteiger partial charge in [-0.25, -0.2) is 4.79 Å². The lowest BCUT2D eigenvalue weighted by Crippen LogP contribution is -2.29. The fourth-order valence-electron chi connectivity index (χ4n) is 2.23. The Hall–Kier alpha value is -1.94. The summed E-state index contributed by atoms with van der Waals surface area (Å²) in [4.78, 5) is 18.5. The molecule has 0 atom stereocenters. The smallest absolute Gasteiger partial charge is 0.311 e. The second kappa shape index (κ2) is 4.14. The van der Waals surface area contributed by atoms with Crippen LogP contribution in [-0.4, -0.2) is 16.5 Å². The first-order valence-corrected chi connectivity index (χ1v) is 5.73. The first-order valence-electron chi connectivity index (χ1n) is 5.73. The third-order valence-electron chi connectivity index (χ3n) is 3.02. The van der Waals surface area contributed by atoms with Gasteiger partial charge in [-0.3, -0.25) is 0 Å². The molecular weight excluding hydrogens is 214 g/mol. The van der Waals surface area contributed by atoms with Crippen molar-refractivity contribution in [2.75, 3.05) is 6.54 Å². The summed E-state index contributed by atoms with van der Waals surface area (Å²) in [5.74, 6) is 0. The van der Waals surface area contributed by atoms with Crippen molar-refractivity contribution in [3.63, 3.8) is 0 Å². The molecule has 1 aromatic carbocycles. The van der Waals surface area contributed by atoms with Crippen LogP contribution in [0.15, 0.2) is 35.1 Å². The highest BCUT2D eigenvalue weighted by atomic mass is 16.1. The van der Waals surface area contributed by atoms with Gasteiger partial charge in [0.1, 0.15) is 0 Å². The molecule has 1 aliphatic heterocycles. The van der Waals surface area contributed by atoms with E-state index in [1.165, 1.54) is 0 Å². The molecule has 0 saturated heterocycles. The molecule has 0 aliphatic carbocycles. The molecule has 4 heteroatoms. The van der Waals surface area contributed by atoms with E-state index < -0.39 is 0 Å². The largest absolute Gasteiger partial charge is 0.345 e. The quantitative estimate of drug-likeness (QED) is 0.766. The molecule has 0 radical (unpaired) electrons. The molecule has 4 nitrogen and oxygen atoms in total. The van der Waals surface area contributed by atoms with Gasteiger partial charge in [-0.15, -0.1) is 0 Å². The second-order valence-electron chi connectivity index (χ2n) is 4.14. The molecule has 0 saturated carbocycles. The van der Waals surface area contributed by atoms with Crippen LogP contribution in [0, 0.1) is 0 Å². The van der Waals surface area contributed by atoms with E-state index >= 15 is 0 Å². The zero-order chi connectivity index (χ0) is 11.7. The van der Waals surface area contributed by atoms with Crippen LogP contribution in [-0.2, 0) is 13.0 Å². The maximum atomic E-state index is 11.5. The SMILES string of the molecule is O=c1nc(-c2ccccc2)c2c([nH]1)CNCC2. The first kappa shape index (κ1) is 10.2. The zero-order valence-corrected chi connectivity index (χ0v) is 9.36. The number of benzene rings is 1. The summed E-state index contributed by atoms with van der Waals surface area (Å²) in [5.41, 5.74) is 3.69. The van der Waals surface area contributed by atoms with Crippen LogP contribution >= 0.6 is 0 Å². The summed E-state index contributed by atoms with van der Waals surface area (Å²) in [6.45, 7) is 1.65. The molecule has 1 aliphatic rings. The highest BCUT2D eigenvalue weighted by Crippen LogP contribution is 2.23. The van der Waals surface area contributed by atoms with Crippen LogP contribution in [0.25, 0.3) is 11.3 Å². The molecule has 1 aromatic heterocycles. The van der Waals surface area contributed by atoms with Gasteiger partial charge in [0.25, 0.3) is 0 Å². The minimum absolute atomic E-state index is 0.272. The van der Waals surface area contributed by atoms with E-state index in [9.17, 15) is 4.79 Å². The van der Waals surface area contributed by atoms with Crippen molar-refractivity contribution >= 4 is 0 Å². The number of nitrogens with zero attached hydrogens (tertiary/aromatic N) is 1. The lowest BCUT2D eigenvalue weighted by molar-refractivity contribution is 0.621. The van der Waals surface area contributed by atoms with Crippen molar-refractivity contribution in [1.82, 2.24) is 15.3 Å². The van der Waals surface area contributed by atoms with Gasteiger partial charge in [0.15, 0.2) is 0 Å². The van der Waals surface area contributed by atoms with Gasteiger partial charge >= 0.3 is 5.69 Å². The van der Waals surface area contributed by atoms with Crippen molar-refractivity contribution in [1.29, 1.82) is 0 Å². The third-order valence-corrected chi connectivity index (χ3v) is 3.02. The van der Waals surface area contributed by atoms with Crippen molar-refractivity contribution in [2.24, 2.45) is 0 Å². The maximum absolute atomic E-state index is 11.5. The monoisotopic (exact) mass is 227 g/mol. The molecule has 0 unspecified atom stereocenters. The number of aromatic amines is 1. The van der Waals surface area contributed by atoms with Crippen LogP contribution in [0.2, 0.25) is 0 Å². The second-order valence-corrected chi connectivity index (χ2v) is 4.14. The van der Waals surface area contributed by atoms with Gasteiger partial charge in [0.05, 0.1) is 5.69 Å². The van der Waals surface area contributed by atoms with Crippen LogP contribution in [0.3, 0.4) is 0 Å². The summed E-state index contributed by atoms with van der Waals surface area (Å²) < 4.78 is 0. The average Bonchev–Trinajstić information content (AvgIpc) is 2.39. The van der Waals surface area contributed by atoms with Crippen LogP contribution in [0.4, 0.5) is 0 Å². The molecule has 2 heterocycles. The normalized spacial score (nSPS) is 14.4. The fraction of sp³-hybridized carbons (Fsp3) is 0.231. The lowest BCUT2D eigenvalue weighted by Gasteiger charge is -2.18. The third kappa shape index (κ3) is 1.87. The van der Waals surface area contributed by atoms with Gasteiger partial charge in [0.2, 0.25) is 0 Å². The molecule has 86 valence electrons. The van der Waals surface area contributed by atoms with Gasteiger partial charge in [-0.05, 0) is 13.0 Å². The molecular formula is C13H13N3O.